The lowest BCUT2D eigenvalue weighted by Crippen LogP contribution is -2.13. The number of hydrogen-bond donors (Lipinski definition) is 2. The number of alkyl halides is 3. The zero-order chi connectivity index (χ0) is 24.2. The highest BCUT2D eigenvalue weighted by molar-refractivity contribution is 5.94. The molecule has 0 fully saturated rings. The van der Waals surface area contributed by atoms with Crippen LogP contribution in [0.25, 0.3) is 0 Å². The number of halogens is 3. The molecule has 0 radical (unpaired) electrons. The minimum atomic E-state index is -4.72. The second kappa shape index (κ2) is 9.81. The van der Waals surface area contributed by atoms with Gasteiger partial charge < -0.3 is 19.9 Å². The summed E-state index contributed by atoms with van der Waals surface area (Å²) in [6, 6.07) is 11.9. The van der Waals surface area contributed by atoms with Gasteiger partial charge in [-0.3, -0.25) is 0 Å². The summed E-state index contributed by atoms with van der Waals surface area (Å²) < 4.78 is 51.7. The van der Waals surface area contributed by atoms with Crippen LogP contribution < -0.4 is 14.8 Å². The van der Waals surface area contributed by atoms with Gasteiger partial charge in [-0.25, -0.2) is 9.78 Å². The SMILES string of the molecule is COc1ccc(Cc2cnc(Oc3ccc(NC(C)C)c(C(=O)O)c3)c(C(F)(F)F)c2)cc1. The van der Waals surface area contributed by atoms with Crippen molar-refractivity contribution in [2.75, 3.05) is 12.4 Å². The number of carboxylic acid groups (broad SMARTS) is 1. The van der Waals surface area contributed by atoms with Crippen LogP contribution in [-0.4, -0.2) is 29.2 Å². The topological polar surface area (TPSA) is 80.7 Å². The fraction of sp³-hybridized carbons (Fsp3) is 0.250. The van der Waals surface area contributed by atoms with Gasteiger partial charge in [-0.1, -0.05) is 12.1 Å². The van der Waals surface area contributed by atoms with Crippen molar-refractivity contribution < 1.29 is 32.5 Å². The van der Waals surface area contributed by atoms with E-state index in [9.17, 15) is 23.1 Å². The van der Waals surface area contributed by atoms with Crippen LogP contribution in [0.15, 0.2) is 54.7 Å². The molecule has 0 saturated carbocycles. The number of nitrogens with one attached hydrogen (secondary N) is 1. The molecule has 2 aromatic carbocycles. The Morgan fingerprint density at radius 2 is 1.73 bits per heavy atom. The van der Waals surface area contributed by atoms with E-state index in [-0.39, 0.29) is 23.8 Å². The van der Waals surface area contributed by atoms with Crippen molar-refractivity contribution in [3.8, 4) is 17.4 Å². The molecule has 0 aliphatic carbocycles. The van der Waals surface area contributed by atoms with Crippen LogP contribution in [0, 0.1) is 0 Å². The molecule has 6 nitrogen and oxygen atoms in total. The van der Waals surface area contributed by atoms with E-state index in [1.165, 1.54) is 31.5 Å². The number of aromatic nitrogens is 1. The van der Waals surface area contributed by atoms with Gasteiger partial charge in [0.15, 0.2) is 0 Å². The normalized spacial score (nSPS) is 11.4. The van der Waals surface area contributed by atoms with Gasteiger partial charge in [0.2, 0.25) is 5.88 Å². The Labute approximate surface area is 189 Å². The summed E-state index contributed by atoms with van der Waals surface area (Å²) in [4.78, 5) is 15.5. The molecule has 0 saturated heterocycles. The van der Waals surface area contributed by atoms with Gasteiger partial charge in [-0.15, -0.1) is 0 Å². The summed E-state index contributed by atoms with van der Waals surface area (Å²) in [5, 5.41) is 12.4. The predicted octanol–water partition coefficient (Wildman–Crippen LogP) is 6.01. The number of pyridine rings is 1. The van der Waals surface area contributed by atoms with Crippen LogP contribution >= 0.6 is 0 Å². The highest BCUT2D eigenvalue weighted by Gasteiger charge is 2.36. The fourth-order valence-corrected chi connectivity index (χ4v) is 3.17. The van der Waals surface area contributed by atoms with Crippen LogP contribution in [0.2, 0.25) is 0 Å². The Morgan fingerprint density at radius 1 is 1.06 bits per heavy atom. The van der Waals surface area contributed by atoms with E-state index in [0.29, 0.717) is 17.0 Å². The first kappa shape index (κ1) is 23.9. The van der Waals surface area contributed by atoms with Gasteiger partial charge in [0, 0.05) is 17.9 Å². The van der Waals surface area contributed by atoms with Crippen molar-refractivity contribution in [3.05, 3.63) is 77.0 Å². The minimum absolute atomic E-state index is 0.0355. The second-order valence-corrected chi connectivity index (χ2v) is 7.63. The Kier molecular flexibility index (Phi) is 7.10. The lowest BCUT2D eigenvalue weighted by atomic mass is 10.0. The summed E-state index contributed by atoms with van der Waals surface area (Å²) in [5.41, 5.74) is 0.311. The van der Waals surface area contributed by atoms with E-state index < -0.39 is 23.6 Å². The molecule has 3 rings (SSSR count). The Balaban J connectivity index is 1.91. The number of anilines is 1. The summed E-state index contributed by atoms with van der Waals surface area (Å²) in [6.07, 6.45) is -3.17. The third kappa shape index (κ3) is 6.15. The van der Waals surface area contributed by atoms with Crippen molar-refractivity contribution in [3.63, 3.8) is 0 Å². The first-order valence-electron chi connectivity index (χ1n) is 10.1. The zero-order valence-electron chi connectivity index (χ0n) is 18.2. The molecule has 0 aliphatic rings. The average molecular weight is 460 g/mol. The van der Waals surface area contributed by atoms with E-state index in [0.717, 1.165) is 11.6 Å². The van der Waals surface area contributed by atoms with Crippen LogP contribution in [-0.2, 0) is 12.6 Å². The maximum Gasteiger partial charge on any atom is 0.421 e. The Hall–Kier alpha value is -3.75. The number of methoxy groups -OCH3 is 1. The molecule has 0 aliphatic heterocycles. The third-order valence-electron chi connectivity index (χ3n) is 4.66. The van der Waals surface area contributed by atoms with Gasteiger partial charge >= 0.3 is 12.1 Å². The smallest absolute Gasteiger partial charge is 0.421 e. The molecule has 9 heteroatoms. The predicted molar refractivity (Wildman–Crippen MR) is 117 cm³/mol. The van der Waals surface area contributed by atoms with E-state index in [1.807, 2.05) is 13.8 Å². The molecular weight excluding hydrogens is 437 g/mol. The summed E-state index contributed by atoms with van der Waals surface area (Å²) in [7, 11) is 1.53. The van der Waals surface area contributed by atoms with Crippen molar-refractivity contribution in [2.24, 2.45) is 0 Å². The number of ether oxygens (including phenoxy) is 2. The van der Waals surface area contributed by atoms with Gasteiger partial charge in [-0.2, -0.15) is 13.2 Å². The highest BCUT2D eigenvalue weighted by Crippen LogP contribution is 2.38. The number of hydrogen-bond acceptors (Lipinski definition) is 5. The number of carbonyl (C=O) groups is 1. The Morgan fingerprint density at radius 3 is 2.30 bits per heavy atom. The molecule has 174 valence electrons. The van der Waals surface area contributed by atoms with Crippen molar-refractivity contribution in [1.29, 1.82) is 0 Å². The average Bonchev–Trinajstić information content (AvgIpc) is 2.75. The first-order valence-corrected chi connectivity index (χ1v) is 10.1. The number of aromatic carboxylic acids is 1. The molecule has 0 atom stereocenters. The highest BCUT2D eigenvalue weighted by atomic mass is 19.4. The molecular formula is C24H23F3N2O4. The first-order chi connectivity index (χ1) is 15.6. The van der Waals surface area contributed by atoms with E-state index in [2.05, 4.69) is 10.3 Å². The standard InChI is InChI=1S/C24H23F3N2O4/c1-14(2)29-21-9-8-18(12-19(21)23(30)31)33-22-20(24(25,26)27)11-16(13-28-22)10-15-4-6-17(32-3)7-5-15/h4-9,11-14,29H,10H2,1-3H3,(H,30,31). The lowest BCUT2D eigenvalue weighted by molar-refractivity contribution is -0.138. The van der Waals surface area contributed by atoms with Crippen LogP contribution in [0.3, 0.4) is 0 Å². The van der Waals surface area contributed by atoms with Crippen molar-refractivity contribution in [2.45, 2.75) is 32.5 Å². The van der Waals surface area contributed by atoms with E-state index in [1.54, 1.807) is 24.3 Å². The number of rotatable bonds is 8. The lowest BCUT2D eigenvalue weighted by Gasteiger charge is -2.16. The van der Waals surface area contributed by atoms with Crippen molar-refractivity contribution >= 4 is 11.7 Å². The fourth-order valence-electron chi connectivity index (χ4n) is 3.17. The molecule has 1 aromatic heterocycles. The van der Waals surface area contributed by atoms with Crippen LogP contribution in [0.4, 0.5) is 18.9 Å². The largest absolute Gasteiger partial charge is 0.497 e. The molecule has 3 aromatic rings. The number of carboxylic acids is 1. The van der Waals surface area contributed by atoms with Gasteiger partial charge in [-0.05, 0) is 67.8 Å². The van der Waals surface area contributed by atoms with Crippen LogP contribution in [0.5, 0.6) is 17.4 Å². The van der Waals surface area contributed by atoms with E-state index in [4.69, 9.17) is 9.47 Å². The zero-order valence-corrected chi connectivity index (χ0v) is 18.2. The number of nitrogens with zero attached hydrogens (tertiary/aromatic N) is 1. The van der Waals surface area contributed by atoms with Gasteiger partial charge in [0.1, 0.15) is 17.1 Å². The van der Waals surface area contributed by atoms with Crippen LogP contribution in [0.1, 0.15) is 40.9 Å². The van der Waals surface area contributed by atoms with Gasteiger partial charge in [0.05, 0.1) is 12.7 Å². The molecule has 0 spiro atoms. The molecule has 0 unspecified atom stereocenters. The van der Waals surface area contributed by atoms with E-state index >= 15 is 0 Å². The molecule has 2 N–H and O–H groups in total. The molecule has 0 bridgehead atoms. The molecule has 33 heavy (non-hydrogen) atoms. The summed E-state index contributed by atoms with van der Waals surface area (Å²) >= 11 is 0. The monoisotopic (exact) mass is 460 g/mol. The maximum atomic E-state index is 13.7. The molecule has 0 amide bonds. The summed E-state index contributed by atoms with van der Waals surface area (Å²) in [6.45, 7) is 3.67. The second-order valence-electron chi connectivity index (χ2n) is 7.63. The Bertz CT molecular complexity index is 1130. The third-order valence-corrected chi connectivity index (χ3v) is 4.66. The van der Waals surface area contributed by atoms with Gasteiger partial charge in [0.25, 0.3) is 0 Å². The minimum Gasteiger partial charge on any atom is -0.497 e. The number of benzene rings is 2. The maximum absolute atomic E-state index is 13.7. The quantitative estimate of drug-likeness (QED) is 0.429. The summed E-state index contributed by atoms with van der Waals surface area (Å²) in [5.74, 6) is -1.31. The van der Waals surface area contributed by atoms with Crippen molar-refractivity contribution in [1.82, 2.24) is 4.98 Å². The molecule has 1 heterocycles.